The molecular formula is C21H11F4N7O2. The monoisotopic (exact) mass is 469 g/mol. The zero-order valence-electron chi connectivity index (χ0n) is 16.8. The van der Waals surface area contributed by atoms with Crippen LogP contribution in [-0.4, -0.2) is 26.3 Å². The van der Waals surface area contributed by atoms with E-state index in [1.807, 2.05) is 0 Å². The third kappa shape index (κ3) is 4.27. The Labute approximate surface area is 187 Å². The van der Waals surface area contributed by atoms with Crippen LogP contribution in [0.3, 0.4) is 0 Å². The number of halogens is 4. The Hall–Kier alpha value is -4.77. The molecule has 9 nitrogen and oxygen atoms in total. The van der Waals surface area contributed by atoms with Crippen molar-refractivity contribution in [2.45, 2.75) is 6.18 Å². The maximum absolute atomic E-state index is 13.7. The van der Waals surface area contributed by atoms with Crippen LogP contribution in [-0.2, 0) is 6.18 Å². The highest BCUT2D eigenvalue weighted by molar-refractivity contribution is 6.04. The van der Waals surface area contributed by atoms with E-state index >= 15 is 0 Å². The van der Waals surface area contributed by atoms with Crippen molar-refractivity contribution in [3.05, 3.63) is 94.1 Å². The molecule has 170 valence electrons. The maximum Gasteiger partial charge on any atom is 0.450 e. The molecule has 13 heteroatoms. The van der Waals surface area contributed by atoms with Crippen LogP contribution in [0.25, 0.3) is 27.2 Å². The summed E-state index contributed by atoms with van der Waals surface area (Å²) in [6.07, 6.45) is -2.71. The molecular weight excluding hydrogens is 458 g/mol. The maximum atomic E-state index is 13.7. The van der Waals surface area contributed by atoms with E-state index in [4.69, 9.17) is 5.53 Å². The van der Waals surface area contributed by atoms with Gasteiger partial charge in [-0.1, -0.05) is 0 Å². The van der Waals surface area contributed by atoms with Gasteiger partial charge in [-0.05, 0) is 59.2 Å². The quantitative estimate of drug-likeness (QED) is 0.189. The first-order valence-electron chi connectivity index (χ1n) is 9.39. The fourth-order valence-corrected chi connectivity index (χ4v) is 3.21. The van der Waals surface area contributed by atoms with Crippen molar-refractivity contribution in [1.29, 1.82) is 0 Å². The van der Waals surface area contributed by atoms with Crippen LogP contribution >= 0.6 is 0 Å². The molecule has 0 spiro atoms. The fourth-order valence-electron chi connectivity index (χ4n) is 3.21. The average Bonchev–Trinajstić information content (AvgIpc) is 3.19. The van der Waals surface area contributed by atoms with E-state index in [9.17, 15) is 27.2 Å². The van der Waals surface area contributed by atoms with Gasteiger partial charge in [-0.2, -0.15) is 13.2 Å². The number of aromatic nitrogens is 3. The van der Waals surface area contributed by atoms with Gasteiger partial charge in [0.05, 0.1) is 22.8 Å². The van der Waals surface area contributed by atoms with Crippen molar-refractivity contribution >= 4 is 28.5 Å². The Morgan fingerprint density at radius 1 is 1.09 bits per heavy atom. The highest BCUT2D eigenvalue weighted by atomic mass is 19.4. The van der Waals surface area contributed by atoms with Crippen molar-refractivity contribution in [2.75, 3.05) is 5.32 Å². The van der Waals surface area contributed by atoms with Gasteiger partial charge in [0, 0.05) is 28.0 Å². The van der Waals surface area contributed by atoms with Gasteiger partial charge in [0.2, 0.25) is 11.7 Å². The Bertz CT molecular complexity index is 1470. The summed E-state index contributed by atoms with van der Waals surface area (Å²) in [5, 5.41) is 5.38. The van der Waals surface area contributed by atoms with Gasteiger partial charge >= 0.3 is 6.18 Å². The highest BCUT2D eigenvalue weighted by Crippen LogP contribution is 2.34. The minimum Gasteiger partial charge on any atom is -0.322 e. The topological polar surface area (TPSA) is 126 Å². The second-order valence-corrected chi connectivity index (χ2v) is 6.82. The van der Waals surface area contributed by atoms with Crippen LogP contribution in [0.1, 0.15) is 26.5 Å². The molecule has 1 N–H and O–H groups in total. The standard InChI is InChI=1S/C21H11F4N7O2/c22-15-10-27-8-7-14(15)19(34)28-12-2-4-13(5-3-12)32-17-6-1-11(18(33)30-31-26)9-16(17)29-20(32)21(23,24)25/h1-10H,(H,28,34). The molecule has 0 aliphatic carbocycles. The smallest absolute Gasteiger partial charge is 0.322 e. The summed E-state index contributed by atoms with van der Waals surface area (Å²) >= 11 is 0. The average molecular weight is 469 g/mol. The Balaban J connectivity index is 1.72. The van der Waals surface area contributed by atoms with E-state index in [1.165, 1.54) is 48.7 Å². The molecule has 0 unspecified atom stereocenters. The Morgan fingerprint density at radius 3 is 2.47 bits per heavy atom. The number of rotatable bonds is 4. The van der Waals surface area contributed by atoms with E-state index in [2.05, 4.69) is 25.3 Å². The number of amides is 2. The van der Waals surface area contributed by atoms with Crippen LogP contribution < -0.4 is 5.32 Å². The number of hydrogen-bond donors (Lipinski definition) is 1. The Morgan fingerprint density at radius 2 is 1.82 bits per heavy atom. The first-order chi connectivity index (χ1) is 16.2. The van der Waals surface area contributed by atoms with Gasteiger partial charge in [-0.25, -0.2) is 9.37 Å². The Kier molecular flexibility index (Phi) is 5.70. The molecule has 0 aliphatic heterocycles. The normalized spacial score (nSPS) is 11.2. The van der Waals surface area contributed by atoms with Crippen LogP contribution in [0.5, 0.6) is 0 Å². The fraction of sp³-hybridized carbons (Fsp3) is 0.0476. The third-order valence-corrected chi connectivity index (χ3v) is 4.69. The zero-order valence-corrected chi connectivity index (χ0v) is 16.8. The molecule has 0 bridgehead atoms. The SMILES string of the molecule is [N-]=[N+]=NC(=O)c1ccc2c(c1)nc(C(F)(F)F)n2-c1ccc(NC(=O)c2ccncc2F)cc1. The van der Waals surface area contributed by atoms with Crippen molar-refractivity contribution in [1.82, 2.24) is 14.5 Å². The largest absolute Gasteiger partial charge is 0.450 e. The van der Waals surface area contributed by atoms with E-state index in [0.29, 0.717) is 0 Å². The summed E-state index contributed by atoms with van der Waals surface area (Å²) in [4.78, 5) is 33.5. The molecule has 0 aliphatic rings. The van der Waals surface area contributed by atoms with Gasteiger partial charge in [0.25, 0.3) is 5.91 Å². The van der Waals surface area contributed by atoms with Crippen molar-refractivity contribution in [3.63, 3.8) is 0 Å². The number of pyridine rings is 1. The molecule has 0 saturated heterocycles. The van der Waals surface area contributed by atoms with E-state index in [0.717, 1.165) is 16.8 Å². The summed E-state index contributed by atoms with van der Waals surface area (Å²) in [6.45, 7) is 0. The number of carbonyl (C=O) groups is 2. The van der Waals surface area contributed by atoms with Crippen LogP contribution in [0, 0.1) is 5.82 Å². The number of fused-ring (bicyclic) bond motifs is 1. The summed E-state index contributed by atoms with van der Waals surface area (Å²) in [5.41, 5.74) is 8.21. The summed E-state index contributed by atoms with van der Waals surface area (Å²) in [7, 11) is 0. The van der Waals surface area contributed by atoms with Gasteiger partial charge < -0.3 is 5.32 Å². The predicted octanol–water partition coefficient (Wildman–Crippen LogP) is 5.28. The minimum atomic E-state index is -4.83. The number of hydrogen-bond acceptors (Lipinski definition) is 4. The predicted molar refractivity (Wildman–Crippen MR) is 112 cm³/mol. The number of benzene rings is 2. The van der Waals surface area contributed by atoms with E-state index in [1.54, 1.807) is 0 Å². The van der Waals surface area contributed by atoms with Crippen molar-refractivity contribution in [2.24, 2.45) is 5.11 Å². The zero-order chi connectivity index (χ0) is 24.5. The van der Waals surface area contributed by atoms with Gasteiger partial charge in [0.15, 0.2) is 5.82 Å². The number of anilines is 1. The molecule has 0 fully saturated rings. The second kappa shape index (κ2) is 8.64. The molecule has 2 aromatic heterocycles. The lowest BCUT2D eigenvalue weighted by molar-refractivity contribution is -0.145. The van der Waals surface area contributed by atoms with Gasteiger partial charge in [-0.15, -0.1) is 0 Å². The number of carbonyl (C=O) groups excluding carboxylic acids is 2. The molecule has 2 amide bonds. The third-order valence-electron chi connectivity index (χ3n) is 4.69. The number of nitrogens with one attached hydrogen (secondary N) is 1. The molecule has 0 saturated carbocycles. The minimum absolute atomic E-state index is 0.0421. The molecule has 0 atom stereocenters. The molecule has 0 radical (unpaired) electrons. The number of alkyl halides is 3. The molecule has 2 heterocycles. The van der Waals surface area contributed by atoms with Crippen molar-refractivity contribution in [3.8, 4) is 5.69 Å². The lowest BCUT2D eigenvalue weighted by Crippen LogP contribution is -2.15. The number of azide groups is 1. The lowest BCUT2D eigenvalue weighted by Gasteiger charge is -2.12. The molecule has 4 aromatic rings. The first-order valence-corrected chi connectivity index (χ1v) is 9.39. The first kappa shape index (κ1) is 22.4. The van der Waals surface area contributed by atoms with Crippen LogP contribution in [0.4, 0.5) is 23.2 Å². The van der Waals surface area contributed by atoms with Crippen LogP contribution in [0.15, 0.2) is 66.0 Å². The van der Waals surface area contributed by atoms with Gasteiger partial charge in [-0.3, -0.25) is 19.1 Å². The highest BCUT2D eigenvalue weighted by Gasteiger charge is 2.38. The summed E-state index contributed by atoms with van der Waals surface area (Å²) in [6, 6.07) is 10.1. The van der Waals surface area contributed by atoms with Crippen LogP contribution in [0.2, 0.25) is 0 Å². The summed E-state index contributed by atoms with van der Waals surface area (Å²) in [5.74, 6) is -3.78. The van der Waals surface area contributed by atoms with Crippen molar-refractivity contribution < 1.29 is 27.2 Å². The lowest BCUT2D eigenvalue weighted by atomic mass is 10.2. The second-order valence-electron chi connectivity index (χ2n) is 6.82. The number of nitrogens with zero attached hydrogens (tertiary/aromatic N) is 6. The molecule has 4 rings (SSSR count). The summed E-state index contributed by atoms with van der Waals surface area (Å²) < 4.78 is 55.7. The van der Waals surface area contributed by atoms with E-state index in [-0.39, 0.29) is 33.5 Å². The molecule has 2 aromatic carbocycles. The van der Waals surface area contributed by atoms with Gasteiger partial charge in [0.1, 0.15) is 0 Å². The molecule has 34 heavy (non-hydrogen) atoms. The van der Waals surface area contributed by atoms with E-state index < -0.39 is 29.6 Å². The number of imidazole rings is 1.